The predicted octanol–water partition coefficient (Wildman–Crippen LogP) is 4.70. The Balaban J connectivity index is 1.63. The molecule has 0 radical (unpaired) electrons. The number of rotatable bonds is 5. The molecule has 0 spiro atoms. The van der Waals surface area contributed by atoms with Gasteiger partial charge in [-0.2, -0.15) is 10.4 Å². The number of nitrogens with zero attached hydrogens (tertiary/aromatic N) is 3. The minimum Gasteiger partial charge on any atom is -0.457 e. The molecule has 1 heterocycles. The molecule has 0 bridgehead atoms. The normalized spacial score (nSPS) is 10.6. The van der Waals surface area contributed by atoms with Crippen molar-refractivity contribution in [2.24, 2.45) is 7.05 Å². The Morgan fingerprint density at radius 2 is 2.00 bits per heavy atom. The van der Waals surface area contributed by atoms with E-state index in [9.17, 15) is 4.79 Å². The molecular formula is C21H17ClN4O2. The SMILES string of the molecule is Cc1nn(C)c(Cl)c1C=CC(=O)Nc1ccc(Oc2cccc(C#N)c2)cc1. The predicted molar refractivity (Wildman–Crippen MR) is 108 cm³/mol. The first-order valence-electron chi connectivity index (χ1n) is 8.42. The zero-order valence-electron chi connectivity index (χ0n) is 15.3. The Labute approximate surface area is 167 Å². The second-order valence-electron chi connectivity index (χ2n) is 6.00. The van der Waals surface area contributed by atoms with E-state index in [0.29, 0.717) is 33.5 Å². The monoisotopic (exact) mass is 392 g/mol. The van der Waals surface area contributed by atoms with Crippen molar-refractivity contribution in [3.63, 3.8) is 0 Å². The number of aryl methyl sites for hydroxylation is 2. The van der Waals surface area contributed by atoms with E-state index in [1.807, 2.05) is 6.92 Å². The molecule has 0 unspecified atom stereocenters. The van der Waals surface area contributed by atoms with Crippen molar-refractivity contribution >= 4 is 29.3 Å². The van der Waals surface area contributed by atoms with E-state index in [-0.39, 0.29) is 5.91 Å². The zero-order chi connectivity index (χ0) is 20.1. The van der Waals surface area contributed by atoms with Crippen molar-refractivity contribution in [3.8, 4) is 17.6 Å². The highest BCUT2D eigenvalue weighted by atomic mass is 35.5. The van der Waals surface area contributed by atoms with E-state index < -0.39 is 0 Å². The molecule has 0 saturated heterocycles. The summed E-state index contributed by atoms with van der Waals surface area (Å²) in [6.07, 6.45) is 3.05. The van der Waals surface area contributed by atoms with Crippen molar-refractivity contribution < 1.29 is 9.53 Å². The third-order valence-electron chi connectivity index (χ3n) is 3.92. The quantitative estimate of drug-likeness (QED) is 0.638. The summed E-state index contributed by atoms with van der Waals surface area (Å²) in [5, 5.41) is 16.4. The Kier molecular flexibility index (Phi) is 5.78. The second-order valence-corrected chi connectivity index (χ2v) is 6.36. The second kappa shape index (κ2) is 8.42. The Morgan fingerprint density at radius 3 is 2.64 bits per heavy atom. The van der Waals surface area contributed by atoms with Crippen LogP contribution in [0.1, 0.15) is 16.8 Å². The highest BCUT2D eigenvalue weighted by molar-refractivity contribution is 6.31. The fourth-order valence-electron chi connectivity index (χ4n) is 2.55. The van der Waals surface area contributed by atoms with Gasteiger partial charge >= 0.3 is 0 Å². The third-order valence-corrected chi connectivity index (χ3v) is 4.37. The Hall–Kier alpha value is -3.56. The van der Waals surface area contributed by atoms with Crippen LogP contribution in [0.4, 0.5) is 5.69 Å². The number of aromatic nitrogens is 2. The number of amides is 1. The van der Waals surface area contributed by atoms with Gasteiger partial charge in [0.15, 0.2) is 0 Å². The largest absolute Gasteiger partial charge is 0.457 e. The minimum absolute atomic E-state index is 0.283. The first-order valence-corrected chi connectivity index (χ1v) is 8.80. The smallest absolute Gasteiger partial charge is 0.248 e. The summed E-state index contributed by atoms with van der Waals surface area (Å²) in [7, 11) is 1.74. The lowest BCUT2D eigenvalue weighted by Gasteiger charge is -2.07. The van der Waals surface area contributed by atoms with Crippen LogP contribution in [0, 0.1) is 18.3 Å². The van der Waals surface area contributed by atoms with Crippen molar-refractivity contribution in [2.75, 3.05) is 5.32 Å². The molecule has 0 saturated carbocycles. The maximum atomic E-state index is 12.1. The number of nitrogens with one attached hydrogen (secondary N) is 1. The molecule has 6 nitrogen and oxygen atoms in total. The molecule has 0 fully saturated rings. The van der Waals surface area contributed by atoms with Gasteiger partial charge < -0.3 is 10.1 Å². The van der Waals surface area contributed by atoms with Gasteiger partial charge in [0.2, 0.25) is 5.91 Å². The van der Waals surface area contributed by atoms with Gasteiger partial charge in [0.05, 0.1) is 17.3 Å². The Morgan fingerprint density at radius 1 is 1.25 bits per heavy atom. The molecule has 3 aromatic rings. The van der Waals surface area contributed by atoms with Crippen molar-refractivity contribution in [1.29, 1.82) is 5.26 Å². The Bertz CT molecular complexity index is 1080. The van der Waals surface area contributed by atoms with Gasteiger partial charge in [-0.3, -0.25) is 9.48 Å². The van der Waals surface area contributed by atoms with E-state index in [0.717, 1.165) is 5.69 Å². The molecular weight excluding hydrogens is 376 g/mol. The molecule has 140 valence electrons. The first kappa shape index (κ1) is 19.2. The van der Waals surface area contributed by atoms with E-state index in [1.54, 1.807) is 66.3 Å². The van der Waals surface area contributed by atoms with Crippen LogP contribution in [-0.4, -0.2) is 15.7 Å². The van der Waals surface area contributed by atoms with Gasteiger partial charge in [-0.05, 0) is 55.5 Å². The topological polar surface area (TPSA) is 79.9 Å². The van der Waals surface area contributed by atoms with Gasteiger partial charge in [-0.1, -0.05) is 17.7 Å². The van der Waals surface area contributed by atoms with E-state index in [4.69, 9.17) is 21.6 Å². The maximum absolute atomic E-state index is 12.1. The standard InChI is InChI=1S/C21H17ClN4O2/c1-14-19(21(22)26(2)25-14)10-11-20(27)24-16-6-8-17(9-7-16)28-18-5-3-4-15(12-18)13-23/h3-12H,1-2H3,(H,24,27). The van der Waals surface area contributed by atoms with Crippen molar-refractivity contribution in [1.82, 2.24) is 9.78 Å². The average molecular weight is 393 g/mol. The molecule has 2 aromatic carbocycles. The van der Waals surface area contributed by atoms with Crippen LogP contribution in [0.3, 0.4) is 0 Å². The molecule has 28 heavy (non-hydrogen) atoms. The van der Waals surface area contributed by atoms with E-state index in [1.165, 1.54) is 6.08 Å². The van der Waals surface area contributed by atoms with Gasteiger partial charge in [-0.25, -0.2) is 0 Å². The summed E-state index contributed by atoms with van der Waals surface area (Å²) in [5.74, 6) is 0.888. The average Bonchev–Trinajstić information content (AvgIpc) is 2.93. The van der Waals surface area contributed by atoms with Crippen LogP contribution in [0.5, 0.6) is 11.5 Å². The van der Waals surface area contributed by atoms with E-state index in [2.05, 4.69) is 16.5 Å². The van der Waals surface area contributed by atoms with Crippen LogP contribution in [-0.2, 0) is 11.8 Å². The van der Waals surface area contributed by atoms with E-state index >= 15 is 0 Å². The van der Waals surface area contributed by atoms with Crippen LogP contribution in [0.25, 0.3) is 6.08 Å². The summed E-state index contributed by atoms with van der Waals surface area (Å²) in [5.41, 5.74) is 2.61. The van der Waals surface area contributed by atoms with Crippen LogP contribution < -0.4 is 10.1 Å². The molecule has 0 aliphatic heterocycles. The van der Waals surface area contributed by atoms with Crippen molar-refractivity contribution in [2.45, 2.75) is 6.92 Å². The summed E-state index contributed by atoms with van der Waals surface area (Å²) >= 11 is 6.15. The number of halogens is 1. The summed E-state index contributed by atoms with van der Waals surface area (Å²) in [4.78, 5) is 12.1. The molecule has 0 aliphatic rings. The van der Waals surface area contributed by atoms with Gasteiger partial charge in [0.25, 0.3) is 0 Å². The van der Waals surface area contributed by atoms with Crippen LogP contribution >= 0.6 is 11.6 Å². The fraction of sp³-hybridized carbons (Fsp3) is 0.0952. The highest BCUT2D eigenvalue weighted by Gasteiger charge is 2.08. The molecule has 1 aromatic heterocycles. The van der Waals surface area contributed by atoms with Gasteiger partial charge in [0.1, 0.15) is 16.7 Å². The molecule has 3 rings (SSSR count). The number of hydrogen-bond donors (Lipinski definition) is 1. The summed E-state index contributed by atoms with van der Waals surface area (Å²) in [6.45, 7) is 1.83. The third kappa shape index (κ3) is 4.58. The lowest BCUT2D eigenvalue weighted by atomic mass is 10.2. The number of carbonyl (C=O) groups excluding carboxylic acids is 1. The number of carbonyl (C=O) groups is 1. The number of hydrogen-bond acceptors (Lipinski definition) is 4. The highest BCUT2D eigenvalue weighted by Crippen LogP contribution is 2.24. The summed E-state index contributed by atoms with van der Waals surface area (Å²) in [6, 6.07) is 15.9. The summed E-state index contributed by atoms with van der Waals surface area (Å²) < 4.78 is 7.27. The van der Waals surface area contributed by atoms with Gasteiger partial charge in [0, 0.05) is 24.4 Å². The van der Waals surface area contributed by atoms with Gasteiger partial charge in [-0.15, -0.1) is 0 Å². The first-order chi connectivity index (χ1) is 13.5. The molecule has 0 atom stereocenters. The number of anilines is 1. The zero-order valence-corrected chi connectivity index (χ0v) is 16.1. The molecule has 0 aliphatic carbocycles. The molecule has 1 amide bonds. The van der Waals surface area contributed by atoms with Crippen LogP contribution in [0.2, 0.25) is 5.15 Å². The van der Waals surface area contributed by atoms with Crippen molar-refractivity contribution in [3.05, 3.63) is 76.6 Å². The minimum atomic E-state index is -0.283. The lowest BCUT2D eigenvalue weighted by molar-refractivity contribution is -0.111. The number of ether oxygens (including phenoxy) is 1. The molecule has 7 heteroatoms. The van der Waals surface area contributed by atoms with Crippen LogP contribution in [0.15, 0.2) is 54.6 Å². The fourth-order valence-corrected chi connectivity index (χ4v) is 2.79. The lowest BCUT2D eigenvalue weighted by Crippen LogP contribution is -2.07. The number of benzene rings is 2. The maximum Gasteiger partial charge on any atom is 0.248 e. The number of nitriles is 1. The molecule has 1 N–H and O–H groups in total.